The molecule has 0 unspecified atom stereocenters. The van der Waals surface area contributed by atoms with Crippen molar-refractivity contribution < 1.29 is 13.9 Å². The monoisotopic (exact) mass is 236 g/mol. The third kappa shape index (κ3) is 1.32. The summed E-state index contributed by atoms with van der Waals surface area (Å²) in [5.41, 5.74) is 0.102. The van der Waals surface area contributed by atoms with Gasteiger partial charge in [0.2, 0.25) is 5.91 Å². The number of aromatic nitrogens is 1. The van der Waals surface area contributed by atoms with Crippen LogP contribution in [0.2, 0.25) is 0 Å². The largest absolute Gasteiger partial charge is 0.381 e. The van der Waals surface area contributed by atoms with Gasteiger partial charge in [-0.25, -0.2) is 9.37 Å². The number of hydrogen-bond donors (Lipinski definition) is 0. The third-order valence-corrected chi connectivity index (χ3v) is 3.73. The molecular formula is C12H13FN2O2. The molecule has 1 spiro atoms. The molecule has 1 fully saturated rings. The van der Waals surface area contributed by atoms with Crippen LogP contribution in [0.1, 0.15) is 18.4 Å². The van der Waals surface area contributed by atoms with E-state index in [4.69, 9.17) is 4.74 Å². The van der Waals surface area contributed by atoms with Gasteiger partial charge in [0.15, 0.2) is 0 Å². The number of amides is 1. The highest BCUT2D eigenvalue weighted by molar-refractivity contribution is 6.06. The summed E-state index contributed by atoms with van der Waals surface area (Å²) >= 11 is 0. The van der Waals surface area contributed by atoms with Crippen LogP contribution in [0, 0.1) is 5.82 Å². The van der Waals surface area contributed by atoms with Crippen LogP contribution in [0.15, 0.2) is 12.3 Å². The van der Waals surface area contributed by atoms with Crippen molar-refractivity contribution in [1.29, 1.82) is 0 Å². The van der Waals surface area contributed by atoms with Crippen molar-refractivity contribution in [2.75, 3.05) is 25.2 Å². The van der Waals surface area contributed by atoms with Crippen LogP contribution in [0.4, 0.5) is 10.2 Å². The van der Waals surface area contributed by atoms with E-state index in [1.54, 1.807) is 7.05 Å². The second-order valence-corrected chi connectivity index (χ2v) is 4.58. The fourth-order valence-corrected chi connectivity index (χ4v) is 2.79. The highest BCUT2D eigenvalue weighted by Gasteiger charge is 2.51. The summed E-state index contributed by atoms with van der Waals surface area (Å²) < 4.78 is 18.6. The fourth-order valence-electron chi connectivity index (χ4n) is 2.79. The number of carbonyl (C=O) groups excluding carboxylic acids is 1. The molecule has 0 N–H and O–H groups in total. The topological polar surface area (TPSA) is 42.4 Å². The molecule has 1 aromatic heterocycles. The highest BCUT2D eigenvalue weighted by Crippen LogP contribution is 2.46. The summed E-state index contributed by atoms with van der Waals surface area (Å²) in [6, 6.07) is 1.44. The van der Waals surface area contributed by atoms with E-state index in [0.29, 0.717) is 37.4 Å². The van der Waals surface area contributed by atoms with Gasteiger partial charge in [-0.15, -0.1) is 0 Å². The van der Waals surface area contributed by atoms with Crippen molar-refractivity contribution in [3.63, 3.8) is 0 Å². The minimum atomic E-state index is -0.614. The van der Waals surface area contributed by atoms with Crippen molar-refractivity contribution in [3.05, 3.63) is 23.6 Å². The number of ether oxygens (including phenoxy) is 1. The second-order valence-electron chi connectivity index (χ2n) is 4.58. The van der Waals surface area contributed by atoms with E-state index in [1.807, 2.05) is 0 Å². The number of anilines is 1. The molecule has 0 aromatic carbocycles. The zero-order valence-corrected chi connectivity index (χ0v) is 9.57. The first kappa shape index (κ1) is 10.7. The number of pyridine rings is 1. The van der Waals surface area contributed by atoms with Gasteiger partial charge in [-0.2, -0.15) is 0 Å². The number of carbonyl (C=O) groups is 1. The van der Waals surface area contributed by atoms with Gasteiger partial charge in [0.25, 0.3) is 0 Å². The number of likely N-dealkylation sites (N-methyl/N-ethyl adjacent to an activating group) is 1. The molecule has 0 aliphatic carbocycles. The Morgan fingerprint density at radius 1 is 1.47 bits per heavy atom. The molecule has 90 valence electrons. The predicted molar refractivity (Wildman–Crippen MR) is 59.3 cm³/mol. The zero-order chi connectivity index (χ0) is 12.0. The maximum absolute atomic E-state index is 13.3. The van der Waals surface area contributed by atoms with Gasteiger partial charge >= 0.3 is 0 Å². The van der Waals surface area contributed by atoms with Crippen molar-refractivity contribution in [1.82, 2.24) is 4.98 Å². The van der Waals surface area contributed by atoms with Crippen molar-refractivity contribution >= 4 is 11.7 Å². The Bertz CT molecular complexity index is 483. The van der Waals surface area contributed by atoms with Crippen LogP contribution in [-0.2, 0) is 14.9 Å². The first-order chi connectivity index (χ1) is 8.15. The predicted octanol–water partition coefficient (Wildman–Crippen LogP) is 1.25. The number of nitrogens with zero attached hydrogens (tertiary/aromatic N) is 2. The van der Waals surface area contributed by atoms with E-state index in [2.05, 4.69) is 4.98 Å². The lowest BCUT2D eigenvalue weighted by atomic mass is 9.75. The van der Waals surface area contributed by atoms with Crippen molar-refractivity contribution in [2.24, 2.45) is 0 Å². The Morgan fingerprint density at radius 2 is 2.18 bits per heavy atom. The minimum absolute atomic E-state index is 0.00824. The summed E-state index contributed by atoms with van der Waals surface area (Å²) in [5.74, 6) is 0.199. The molecule has 2 aliphatic rings. The average Bonchev–Trinajstić information content (AvgIpc) is 2.54. The maximum Gasteiger partial charge on any atom is 0.238 e. The Hall–Kier alpha value is -1.49. The molecule has 1 saturated heterocycles. The van der Waals surface area contributed by atoms with E-state index >= 15 is 0 Å². The number of halogens is 1. The zero-order valence-electron chi connectivity index (χ0n) is 9.57. The molecule has 1 amide bonds. The molecule has 3 heterocycles. The molecule has 3 rings (SSSR count). The summed E-state index contributed by atoms with van der Waals surface area (Å²) in [5, 5.41) is 0. The fraction of sp³-hybridized carbons (Fsp3) is 0.500. The van der Waals surface area contributed by atoms with Gasteiger partial charge in [0.05, 0.1) is 11.6 Å². The van der Waals surface area contributed by atoms with E-state index in [1.165, 1.54) is 11.0 Å². The molecule has 5 heteroatoms. The van der Waals surface area contributed by atoms with E-state index in [9.17, 15) is 9.18 Å². The Balaban J connectivity index is 2.18. The lowest BCUT2D eigenvalue weighted by molar-refractivity contribution is -0.126. The number of fused-ring (bicyclic) bond motifs is 2. The minimum Gasteiger partial charge on any atom is -0.381 e. The quantitative estimate of drug-likeness (QED) is 0.680. The summed E-state index contributed by atoms with van der Waals surface area (Å²) in [6.07, 6.45) is 2.36. The van der Waals surface area contributed by atoms with Crippen molar-refractivity contribution in [3.8, 4) is 0 Å². The molecule has 4 nitrogen and oxygen atoms in total. The molecule has 0 saturated carbocycles. The highest BCUT2D eigenvalue weighted by atomic mass is 19.1. The van der Waals surface area contributed by atoms with Crippen LogP contribution in [0.25, 0.3) is 0 Å². The average molecular weight is 236 g/mol. The summed E-state index contributed by atoms with van der Waals surface area (Å²) in [6.45, 7) is 1.07. The molecule has 0 atom stereocenters. The molecule has 2 aliphatic heterocycles. The number of rotatable bonds is 0. The Labute approximate surface area is 98.4 Å². The lowest BCUT2D eigenvalue weighted by Gasteiger charge is -2.31. The first-order valence-electron chi connectivity index (χ1n) is 5.67. The lowest BCUT2D eigenvalue weighted by Crippen LogP contribution is -2.42. The van der Waals surface area contributed by atoms with E-state index in [-0.39, 0.29) is 5.91 Å². The van der Waals surface area contributed by atoms with Gasteiger partial charge in [0, 0.05) is 25.8 Å². The maximum atomic E-state index is 13.3. The van der Waals surface area contributed by atoms with Crippen LogP contribution in [-0.4, -0.2) is 31.2 Å². The van der Waals surface area contributed by atoms with Gasteiger partial charge in [-0.05, 0) is 18.9 Å². The smallest absolute Gasteiger partial charge is 0.238 e. The second kappa shape index (κ2) is 3.50. The SMILES string of the molecule is CN1C(=O)C2(CCOCC2)c2cc(F)cnc21. The van der Waals surface area contributed by atoms with E-state index < -0.39 is 11.2 Å². The molecule has 17 heavy (non-hydrogen) atoms. The standard InChI is InChI=1S/C12H13FN2O2/c1-15-10-9(6-8(13)7-14-10)12(11(15)16)2-4-17-5-3-12/h6-7H,2-5H2,1H3. The Kier molecular flexibility index (Phi) is 2.19. The van der Waals surface area contributed by atoms with Crippen LogP contribution in [0.5, 0.6) is 0 Å². The first-order valence-corrected chi connectivity index (χ1v) is 5.67. The van der Waals surface area contributed by atoms with Gasteiger partial charge in [-0.3, -0.25) is 9.69 Å². The summed E-state index contributed by atoms with van der Waals surface area (Å²) in [7, 11) is 1.69. The van der Waals surface area contributed by atoms with E-state index in [0.717, 1.165) is 6.20 Å². The summed E-state index contributed by atoms with van der Waals surface area (Å²) in [4.78, 5) is 17.9. The van der Waals surface area contributed by atoms with Crippen LogP contribution in [0.3, 0.4) is 0 Å². The normalized spacial score (nSPS) is 22.0. The van der Waals surface area contributed by atoms with Gasteiger partial charge in [-0.1, -0.05) is 0 Å². The van der Waals surface area contributed by atoms with Crippen LogP contribution >= 0.6 is 0 Å². The molecule has 1 aromatic rings. The molecule has 0 radical (unpaired) electrons. The van der Waals surface area contributed by atoms with Gasteiger partial charge < -0.3 is 4.74 Å². The third-order valence-electron chi connectivity index (χ3n) is 3.73. The van der Waals surface area contributed by atoms with Crippen molar-refractivity contribution in [2.45, 2.75) is 18.3 Å². The molecule has 0 bridgehead atoms. The molecular weight excluding hydrogens is 223 g/mol. The Morgan fingerprint density at radius 3 is 2.88 bits per heavy atom. The van der Waals surface area contributed by atoms with Gasteiger partial charge in [0.1, 0.15) is 11.6 Å². The number of hydrogen-bond acceptors (Lipinski definition) is 3. The van der Waals surface area contributed by atoms with Crippen LogP contribution < -0.4 is 4.90 Å².